The van der Waals surface area contributed by atoms with Crippen LogP contribution in [0.3, 0.4) is 0 Å². The minimum absolute atomic E-state index is 0.585. The predicted octanol–water partition coefficient (Wildman–Crippen LogP) is 2.73. The Morgan fingerprint density at radius 2 is 2.25 bits per heavy atom. The van der Waals surface area contributed by atoms with Crippen molar-refractivity contribution in [1.29, 1.82) is 0 Å². The van der Waals surface area contributed by atoms with Crippen LogP contribution in [0.1, 0.15) is 30.5 Å². The fourth-order valence-electron chi connectivity index (χ4n) is 2.49. The molecule has 1 N–H and O–H groups in total. The third-order valence-electron chi connectivity index (χ3n) is 3.31. The van der Waals surface area contributed by atoms with Crippen LogP contribution in [-0.4, -0.2) is 24.5 Å². The molecule has 0 fully saturated rings. The minimum atomic E-state index is 0.585. The molecule has 3 heterocycles. The highest BCUT2D eigenvalue weighted by atomic mass is 32.1. The van der Waals surface area contributed by atoms with Crippen molar-refractivity contribution in [3.63, 3.8) is 0 Å². The van der Waals surface area contributed by atoms with Crippen LogP contribution in [0.25, 0.3) is 11.2 Å². The van der Waals surface area contributed by atoms with Gasteiger partial charge < -0.3 is 9.51 Å². The molecule has 0 saturated carbocycles. The molecule has 6 nitrogen and oxygen atoms in total. The van der Waals surface area contributed by atoms with Crippen molar-refractivity contribution < 1.29 is 4.52 Å². The van der Waals surface area contributed by atoms with Crippen molar-refractivity contribution in [1.82, 2.24) is 24.5 Å². The Bertz CT molecular complexity index is 807. The normalized spacial score (nSPS) is 11.6. The van der Waals surface area contributed by atoms with Gasteiger partial charge in [0.1, 0.15) is 17.0 Å². The Labute approximate surface area is 121 Å². The minimum Gasteiger partial charge on any atom is -0.361 e. The molecule has 0 aliphatic carbocycles. The lowest BCUT2D eigenvalue weighted by molar-refractivity contribution is 0.389. The van der Waals surface area contributed by atoms with Gasteiger partial charge in [0.15, 0.2) is 10.4 Å². The number of rotatable bonds is 4. The van der Waals surface area contributed by atoms with E-state index in [9.17, 15) is 0 Å². The van der Waals surface area contributed by atoms with Crippen molar-refractivity contribution in [2.75, 3.05) is 0 Å². The van der Waals surface area contributed by atoms with E-state index in [0.717, 1.165) is 41.2 Å². The van der Waals surface area contributed by atoms with E-state index in [1.807, 2.05) is 29.3 Å². The number of imidazole rings is 1. The second kappa shape index (κ2) is 4.90. The number of hydrogen-bond donors (Lipinski definition) is 1. The number of hydrogen-bond acceptors (Lipinski definition) is 4. The third kappa shape index (κ3) is 2.07. The van der Waals surface area contributed by atoms with E-state index in [0.29, 0.717) is 11.3 Å². The highest BCUT2D eigenvalue weighted by Gasteiger charge is 2.15. The topological polar surface area (TPSA) is 64.6 Å². The van der Waals surface area contributed by atoms with Gasteiger partial charge in [-0.1, -0.05) is 18.5 Å². The molecule has 106 valence electrons. The standard InChI is InChI=1S/C13H17N5OS/c1-4-5-10-11-12(17(3)15-10)18(13(20)14-11)7-9-6-8(2)19-16-9/h6H,4-5,7H2,1-3H3,(H,14,20). The first-order valence-electron chi connectivity index (χ1n) is 6.66. The zero-order chi connectivity index (χ0) is 14.3. The lowest BCUT2D eigenvalue weighted by Crippen LogP contribution is -2.04. The quantitative estimate of drug-likeness (QED) is 0.751. The molecule has 3 aromatic heterocycles. The molecule has 0 spiro atoms. The van der Waals surface area contributed by atoms with Gasteiger partial charge in [-0.2, -0.15) is 5.10 Å². The zero-order valence-electron chi connectivity index (χ0n) is 11.8. The van der Waals surface area contributed by atoms with E-state index in [1.165, 1.54) is 0 Å². The van der Waals surface area contributed by atoms with Crippen molar-refractivity contribution in [3.05, 3.63) is 28.0 Å². The van der Waals surface area contributed by atoms with Gasteiger partial charge in [0.25, 0.3) is 0 Å². The van der Waals surface area contributed by atoms with E-state index >= 15 is 0 Å². The molecule has 3 aromatic rings. The van der Waals surface area contributed by atoms with Crippen LogP contribution in [0.15, 0.2) is 10.6 Å². The van der Waals surface area contributed by atoms with E-state index in [-0.39, 0.29) is 0 Å². The molecule has 0 saturated heterocycles. The molecule has 3 rings (SSSR count). The molecule has 0 radical (unpaired) electrons. The predicted molar refractivity (Wildman–Crippen MR) is 78.2 cm³/mol. The number of nitrogens with zero attached hydrogens (tertiary/aromatic N) is 4. The van der Waals surface area contributed by atoms with E-state index in [2.05, 4.69) is 22.2 Å². The molecule has 0 atom stereocenters. The van der Waals surface area contributed by atoms with Gasteiger partial charge >= 0.3 is 0 Å². The molecule has 0 unspecified atom stereocenters. The molecule has 0 amide bonds. The summed E-state index contributed by atoms with van der Waals surface area (Å²) in [5.74, 6) is 0.801. The van der Waals surface area contributed by atoms with Gasteiger partial charge in [-0.05, 0) is 25.6 Å². The van der Waals surface area contributed by atoms with Gasteiger partial charge in [0.2, 0.25) is 0 Å². The second-order valence-electron chi connectivity index (χ2n) is 4.96. The molecule has 0 bridgehead atoms. The molecule has 0 aliphatic heterocycles. The maximum absolute atomic E-state index is 5.42. The maximum Gasteiger partial charge on any atom is 0.179 e. The Balaban J connectivity index is 2.10. The first-order valence-corrected chi connectivity index (χ1v) is 7.07. The van der Waals surface area contributed by atoms with E-state index in [4.69, 9.17) is 16.7 Å². The van der Waals surface area contributed by atoms with Gasteiger partial charge in [0.05, 0.1) is 12.2 Å². The summed E-state index contributed by atoms with van der Waals surface area (Å²) in [6.45, 7) is 4.61. The summed E-state index contributed by atoms with van der Waals surface area (Å²) < 4.78 is 9.68. The fourth-order valence-corrected chi connectivity index (χ4v) is 2.74. The summed E-state index contributed by atoms with van der Waals surface area (Å²) in [5.41, 5.74) is 3.95. The Morgan fingerprint density at radius 1 is 1.45 bits per heavy atom. The number of nitrogens with one attached hydrogen (secondary N) is 1. The van der Waals surface area contributed by atoms with Gasteiger partial charge in [-0.3, -0.25) is 9.25 Å². The summed E-state index contributed by atoms with van der Waals surface area (Å²) in [6.07, 6.45) is 2.00. The molecule has 7 heteroatoms. The average Bonchev–Trinajstić information content (AvgIpc) is 3.02. The molecule has 0 aromatic carbocycles. The van der Waals surface area contributed by atoms with Crippen LogP contribution in [0.2, 0.25) is 0 Å². The smallest absolute Gasteiger partial charge is 0.179 e. The number of aromatic amines is 1. The largest absolute Gasteiger partial charge is 0.361 e. The molecular weight excluding hydrogens is 274 g/mol. The van der Waals surface area contributed by atoms with Crippen molar-refractivity contribution in [3.8, 4) is 0 Å². The maximum atomic E-state index is 5.42. The van der Waals surface area contributed by atoms with Crippen molar-refractivity contribution in [2.24, 2.45) is 7.05 Å². The second-order valence-corrected chi connectivity index (χ2v) is 5.35. The number of fused-ring (bicyclic) bond motifs is 1. The SMILES string of the molecule is CCCc1nn(C)c2c1[nH]c(=S)n2Cc1cc(C)on1. The van der Waals surface area contributed by atoms with Gasteiger partial charge in [0, 0.05) is 13.1 Å². The van der Waals surface area contributed by atoms with Gasteiger partial charge in [-0.15, -0.1) is 0 Å². The summed E-state index contributed by atoms with van der Waals surface area (Å²) >= 11 is 5.42. The lowest BCUT2D eigenvalue weighted by atomic mass is 10.2. The lowest BCUT2D eigenvalue weighted by Gasteiger charge is -2.01. The summed E-state index contributed by atoms with van der Waals surface area (Å²) in [7, 11) is 1.94. The third-order valence-corrected chi connectivity index (χ3v) is 3.63. The van der Waals surface area contributed by atoms with Crippen LogP contribution in [0.5, 0.6) is 0 Å². The van der Waals surface area contributed by atoms with E-state index < -0.39 is 0 Å². The number of H-pyrrole nitrogens is 1. The summed E-state index contributed by atoms with van der Waals surface area (Å²) in [4.78, 5) is 3.26. The Morgan fingerprint density at radius 3 is 2.90 bits per heavy atom. The first kappa shape index (κ1) is 13.1. The summed E-state index contributed by atoms with van der Waals surface area (Å²) in [5, 5.41) is 8.59. The highest BCUT2D eigenvalue weighted by molar-refractivity contribution is 7.71. The Kier molecular flexibility index (Phi) is 3.21. The fraction of sp³-hybridized carbons (Fsp3) is 0.462. The molecule has 20 heavy (non-hydrogen) atoms. The Hall–Kier alpha value is -1.89. The van der Waals surface area contributed by atoms with Crippen molar-refractivity contribution >= 4 is 23.4 Å². The summed E-state index contributed by atoms with van der Waals surface area (Å²) in [6, 6.07) is 1.92. The monoisotopic (exact) mass is 291 g/mol. The van der Waals surface area contributed by atoms with Gasteiger partial charge in [-0.25, -0.2) is 0 Å². The average molecular weight is 291 g/mol. The number of aryl methyl sites for hydroxylation is 3. The van der Waals surface area contributed by atoms with Crippen LogP contribution in [0.4, 0.5) is 0 Å². The molecule has 0 aliphatic rings. The molecular formula is C13H17N5OS. The highest BCUT2D eigenvalue weighted by Crippen LogP contribution is 2.20. The van der Waals surface area contributed by atoms with Crippen LogP contribution >= 0.6 is 12.2 Å². The van der Waals surface area contributed by atoms with Crippen LogP contribution in [0, 0.1) is 11.7 Å². The zero-order valence-corrected chi connectivity index (χ0v) is 12.6. The van der Waals surface area contributed by atoms with Crippen LogP contribution in [-0.2, 0) is 20.0 Å². The first-order chi connectivity index (χ1) is 9.60. The van der Waals surface area contributed by atoms with Crippen molar-refractivity contribution in [2.45, 2.75) is 33.2 Å². The van der Waals surface area contributed by atoms with E-state index in [1.54, 1.807) is 0 Å². The van der Waals surface area contributed by atoms with Crippen LogP contribution < -0.4 is 0 Å². The number of aromatic nitrogens is 5.